The summed E-state index contributed by atoms with van der Waals surface area (Å²) in [6.45, 7) is 2.31. The molecule has 1 aliphatic carbocycles. The van der Waals surface area contributed by atoms with Crippen LogP contribution >= 0.6 is 0 Å². The van der Waals surface area contributed by atoms with E-state index in [1.165, 1.54) is 67.5 Å². The Kier molecular flexibility index (Phi) is 5.00. The number of nitrogens with zero attached hydrogens (tertiary/aromatic N) is 6. The minimum atomic E-state index is -0.0706. The summed E-state index contributed by atoms with van der Waals surface area (Å²) in [6, 6.07) is 55.9. The van der Waals surface area contributed by atoms with Crippen LogP contribution < -0.4 is 29.4 Å². The van der Waals surface area contributed by atoms with Crippen molar-refractivity contribution >= 4 is 34.1 Å². The third-order valence-electron chi connectivity index (χ3n) is 11.8. The molecule has 0 amide bonds. The Morgan fingerprint density at radius 1 is 0.286 bits per heavy atom. The van der Waals surface area contributed by atoms with E-state index in [4.69, 9.17) is 0 Å². The van der Waals surface area contributed by atoms with Crippen molar-refractivity contribution in [3.8, 4) is 0 Å². The second-order valence-electron chi connectivity index (χ2n) is 14.3. The maximum atomic E-state index is 2.68. The fourth-order valence-electron chi connectivity index (χ4n) is 9.91. The first kappa shape index (κ1) is 26.1. The van der Waals surface area contributed by atoms with Crippen molar-refractivity contribution in [2.75, 3.05) is 49.4 Å². The number of fused-ring (bicyclic) bond motifs is 3. The monoisotopic (exact) mass is 634 g/mol. The molecule has 13 rings (SSSR count). The SMILES string of the molecule is c1cc2cc(c1)C1c3cccc(c3)C3c4cccc(c4)C2N2CN(c4ccccc42)C(N2CN1c1ccccc12)N1CN3c2ccccc21. The number of para-hydroxylation sites is 6. The Morgan fingerprint density at radius 2 is 0.531 bits per heavy atom. The average molecular weight is 635 g/mol. The van der Waals surface area contributed by atoms with E-state index in [9.17, 15) is 0 Å². The molecule has 236 valence electrons. The largest absolute Gasteiger partial charge is 0.341 e. The lowest BCUT2D eigenvalue weighted by molar-refractivity contribution is 0.510. The van der Waals surface area contributed by atoms with Gasteiger partial charge in [-0.15, -0.1) is 0 Å². The van der Waals surface area contributed by atoms with Crippen LogP contribution in [0.2, 0.25) is 0 Å². The van der Waals surface area contributed by atoms with Crippen LogP contribution in [0.4, 0.5) is 34.1 Å². The molecule has 0 radical (unpaired) electrons. The first-order chi connectivity index (χ1) is 24.3. The molecule has 7 aliphatic rings. The van der Waals surface area contributed by atoms with E-state index in [-0.39, 0.29) is 24.4 Å². The second-order valence-corrected chi connectivity index (χ2v) is 14.3. The van der Waals surface area contributed by atoms with E-state index in [1.807, 2.05) is 0 Å². The van der Waals surface area contributed by atoms with Crippen molar-refractivity contribution in [1.29, 1.82) is 0 Å². The lowest BCUT2D eigenvalue weighted by atomic mass is 9.86. The summed E-state index contributed by atoms with van der Waals surface area (Å²) in [6.07, 6.45) is -0.0706. The Hall–Kier alpha value is -5.88. The van der Waals surface area contributed by atoms with Crippen LogP contribution in [-0.4, -0.2) is 26.3 Å². The van der Waals surface area contributed by atoms with E-state index in [1.54, 1.807) is 0 Å². The summed E-state index contributed by atoms with van der Waals surface area (Å²) in [7, 11) is 0. The van der Waals surface area contributed by atoms with Crippen LogP contribution in [0.1, 0.15) is 51.5 Å². The minimum Gasteiger partial charge on any atom is -0.341 e. The first-order valence-electron chi connectivity index (χ1n) is 17.5. The van der Waals surface area contributed by atoms with Gasteiger partial charge in [0.05, 0.1) is 72.3 Å². The molecule has 49 heavy (non-hydrogen) atoms. The lowest BCUT2D eigenvalue weighted by Gasteiger charge is -2.46. The van der Waals surface area contributed by atoms with Crippen LogP contribution in [0, 0.1) is 0 Å². The van der Waals surface area contributed by atoms with Gasteiger partial charge < -0.3 is 29.4 Å². The van der Waals surface area contributed by atoms with E-state index in [0.29, 0.717) is 0 Å². The maximum Gasteiger partial charge on any atom is 0.185 e. The van der Waals surface area contributed by atoms with Gasteiger partial charge in [0.15, 0.2) is 6.29 Å². The third-order valence-corrected chi connectivity index (χ3v) is 11.8. The zero-order valence-corrected chi connectivity index (χ0v) is 27.0. The van der Waals surface area contributed by atoms with Gasteiger partial charge in [0.1, 0.15) is 0 Å². The lowest BCUT2D eigenvalue weighted by Crippen LogP contribution is -2.61. The number of benzene rings is 6. The molecular weight excluding hydrogens is 601 g/mol. The van der Waals surface area contributed by atoms with Crippen molar-refractivity contribution < 1.29 is 0 Å². The highest BCUT2D eigenvalue weighted by Gasteiger charge is 2.49. The molecule has 6 aliphatic heterocycles. The fourth-order valence-corrected chi connectivity index (χ4v) is 9.91. The Morgan fingerprint density at radius 3 is 0.796 bits per heavy atom. The molecule has 0 saturated heterocycles. The average Bonchev–Trinajstić information content (AvgIpc) is 3.82. The van der Waals surface area contributed by atoms with Crippen LogP contribution in [0.5, 0.6) is 0 Å². The highest BCUT2D eigenvalue weighted by Crippen LogP contribution is 2.54. The van der Waals surface area contributed by atoms with Gasteiger partial charge in [0.25, 0.3) is 0 Å². The highest BCUT2D eigenvalue weighted by atomic mass is 15.6. The minimum absolute atomic E-state index is 0.0414. The molecule has 6 aromatic carbocycles. The van der Waals surface area contributed by atoms with E-state index in [0.717, 1.165) is 20.0 Å². The van der Waals surface area contributed by atoms with Gasteiger partial charge in [-0.1, -0.05) is 109 Å². The molecule has 0 aromatic heterocycles. The quantitative estimate of drug-likeness (QED) is 0.166. The second kappa shape index (κ2) is 9.38. The number of anilines is 6. The zero-order chi connectivity index (χ0) is 31.8. The Balaban J connectivity index is 1.29. The number of hydrogen-bond donors (Lipinski definition) is 0. The van der Waals surface area contributed by atoms with Gasteiger partial charge in [-0.2, -0.15) is 0 Å². The van der Waals surface area contributed by atoms with Crippen LogP contribution in [0.25, 0.3) is 0 Å². The van der Waals surface area contributed by atoms with Crippen molar-refractivity contribution in [3.63, 3.8) is 0 Å². The summed E-state index contributed by atoms with van der Waals surface area (Å²) >= 11 is 0. The molecular formula is C43H34N6. The van der Waals surface area contributed by atoms with Crippen molar-refractivity contribution in [2.24, 2.45) is 0 Å². The molecule has 0 saturated carbocycles. The highest BCUT2D eigenvalue weighted by molar-refractivity contribution is 5.86. The van der Waals surface area contributed by atoms with Gasteiger partial charge >= 0.3 is 0 Å². The summed E-state index contributed by atoms with van der Waals surface area (Å²) in [5.74, 6) is 0. The van der Waals surface area contributed by atoms with Gasteiger partial charge in [-0.3, -0.25) is 0 Å². The standard InChI is InChI=1S/C43H34N6/c1-4-19-37-34(16-1)44-25-47(37)43-48-26-45(35-17-2-5-20-38(35)48)41-30-12-7-10-28(22-30)40(44)29-11-8-13-31(23-29)42(33-15-9-14-32(41)24-33)46-27-49(43)39-21-6-3-18-36(39)46/h1-24,40-43H,25-27H2. The van der Waals surface area contributed by atoms with Crippen molar-refractivity contribution in [3.05, 3.63) is 179 Å². The van der Waals surface area contributed by atoms with Gasteiger partial charge in [0.2, 0.25) is 0 Å². The maximum absolute atomic E-state index is 2.68. The van der Waals surface area contributed by atoms with Gasteiger partial charge in [0, 0.05) is 0 Å². The molecule has 0 spiro atoms. The molecule has 6 heterocycles. The summed E-state index contributed by atoms with van der Waals surface area (Å²) in [5.41, 5.74) is 15.7. The van der Waals surface area contributed by atoms with Crippen molar-refractivity contribution in [1.82, 2.24) is 0 Å². The summed E-state index contributed by atoms with van der Waals surface area (Å²) < 4.78 is 0. The molecule has 0 unspecified atom stereocenters. The molecule has 0 fully saturated rings. The molecule has 16 bridgehead atoms. The molecule has 6 heteroatoms. The molecule has 6 aromatic rings. The molecule has 0 atom stereocenters. The summed E-state index contributed by atoms with van der Waals surface area (Å²) in [4.78, 5) is 16.0. The van der Waals surface area contributed by atoms with Crippen LogP contribution in [0.3, 0.4) is 0 Å². The van der Waals surface area contributed by atoms with Crippen molar-refractivity contribution in [2.45, 2.75) is 24.4 Å². The van der Waals surface area contributed by atoms with Crippen LogP contribution in [0.15, 0.2) is 146 Å². The fraction of sp³-hybridized carbons (Fsp3) is 0.163. The third kappa shape index (κ3) is 3.40. The Labute approximate surface area is 286 Å². The van der Waals surface area contributed by atoms with Gasteiger partial charge in [-0.05, 0) is 69.8 Å². The number of rotatable bonds is 0. The Bertz CT molecular complexity index is 2020. The first-order valence-corrected chi connectivity index (χ1v) is 17.5. The normalized spacial score (nSPS) is 23.0. The predicted molar refractivity (Wildman–Crippen MR) is 197 cm³/mol. The molecule has 0 N–H and O–H groups in total. The van der Waals surface area contributed by atoms with E-state index in [2.05, 4.69) is 175 Å². The van der Waals surface area contributed by atoms with Gasteiger partial charge in [-0.25, -0.2) is 0 Å². The zero-order valence-electron chi connectivity index (χ0n) is 27.0. The molecule has 6 nitrogen and oxygen atoms in total. The number of hydrogen-bond acceptors (Lipinski definition) is 6. The van der Waals surface area contributed by atoms with E-state index < -0.39 is 0 Å². The van der Waals surface area contributed by atoms with E-state index >= 15 is 0 Å². The predicted octanol–water partition coefficient (Wildman–Crippen LogP) is 8.43. The summed E-state index contributed by atoms with van der Waals surface area (Å²) in [5, 5.41) is 0. The topological polar surface area (TPSA) is 19.4 Å². The van der Waals surface area contributed by atoms with Crippen LogP contribution in [-0.2, 0) is 0 Å². The smallest absolute Gasteiger partial charge is 0.185 e.